The predicted molar refractivity (Wildman–Crippen MR) is 91.2 cm³/mol. The fraction of sp³-hybridized carbons (Fsp3) is 0.143. The zero-order valence-electron chi connectivity index (χ0n) is 13.2. The van der Waals surface area contributed by atoms with Crippen molar-refractivity contribution in [1.82, 2.24) is 0 Å². The van der Waals surface area contributed by atoms with E-state index >= 15 is 0 Å². The summed E-state index contributed by atoms with van der Waals surface area (Å²) in [5.74, 6) is -0.341. The number of carbonyl (C=O) groups is 2. The van der Waals surface area contributed by atoms with Crippen LogP contribution in [-0.2, 0) is 9.59 Å². The largest absolute Gasteiger partial charge is 0.290 e. The second-order valence-electron chi connectivity index (χ2n) is 5.81. The second-order valence-corrected chi connectivity index (χ2v) is 5.81. The van der Waals surface area contributed by atoms with Crippen LogP contribution in [0.3, 0.4) is 0 Å². The molecule has 1 aliphatic rings. The number of allylic oxidation sites excluding steroid dienone is 4. The van der Waals surface area contributed by atoms with Gasteiger partial charge in [-0.3, -0.25) is 9.59 Å². The van der Waals surface area contributed by atoms with Gasteiger partial charge >= 0.3 is 0 Å². The summed E-state index contributed by atoms with van der Waals surface area (Å²) in [5.41, 5.74) is 3.67. The molecule has 0 saturated heterocycles. The molecular weight excluding hydrogens is 284 g/mol. The molecule has 114 valence electrons. The normalized spacial score (nSPS) is 15.2. The third-order valence-corrected chi connectivity index (χ3v) is 4.27. The van der Waals surface area contributed by atoms with Crippen molar-refractivity contribution >= 4 is 11.6 Å². The van der Waals surface area contributed by atoms with Crippen LogP contribution in [0.4, 0.5) is 0 Å². The summed E-state index contributed by atoms with van der Waals surface area (Å²) in [6, 6.07) is 19.7. The minimum Gasteiger partial charge on any atom is -0.290 e. The first-order valence-electron chi connectivity index (χ1n) is 7.67. The molecular formula is C21H18O2. The zero-order chi connectivity index (χ0) is 16.4. The van der Waals surface area contributed by atoms with E-state index in [1.807, 2.05) is 60.7 Å². The number of hydrogen-bond acceptors (Lipinski definition) is 2. The van der Waals surface area contributed by atoms with Gasteiger partial charge in [-0.25, -0.2) is 0 Å². The van der Waals surface area contributed by atoms with Gasteiger partial charge in [-0.2, -0.15) is 0 Å². The topological polar surface area (TPSA) is 34.1 Å². The molecule has 0 atom stereocenters. The summed E-state index contributed by atoms with van der Waals surface area (Å²) in [5, 5.41) is 0. The van der Waals surface area contributed by atoms with Gasteiger partial charge in [0.15, 0.2) is 11.6 Å². The highest BCUT2D eigenvalue weighted by Gasteiger charge is 2.31. The van der Waals surface area contributed by atoms with E-state index in [4.69, 9.17) is 0 Å². The van der Waals surface area contributed by atoms with Crippen LogP contribution >= 0.6 is 0 Å². The minimum absolute atomic E-state index is 0.0449. The molecule has 2 nitrogen and oxygen atoms in total. The van der Waals surface area contributed by atoms with Crippen molar-refractivity contribution in [3.63, 3.8) is 0 Å². The quantitative estimate of drug-likeness (QED) is 0.795. The molecule has 0 spiro atoms. The Bertz CT molecular complexity index is 772. The SMILES string of the molecule is CC1=CC(=O)C(C(c2ccccc2)c2ccccc2)=C(C)C1=O. The highest BCUT2D eigenvalue weighted by molar-refractivity contribution is 6.23. The van der Waals surface area contributed by atoms with E-state index < -0.39 is 0 Å². The Hall–Kier alpha value is -2.74. The lowest BCUT2D eigenvalue weighted by atomic mass is 9.77. The van der Waals surface area contributed by atoms with E-state index in [9.17, 15) is 9.59 Å². The molecule has 0 fully saturated rings. The number of rotatable bonds is 3. The van der Waals surface area contributed by atoms with Gasteiger partial charge in [0.25, 0.3) is 0 Å². The molecule has 0 aliphatic heterocycles. The highest BCUT2D eigenvalue weighted by atomic mass is 16.1. The van der Waals surface area contributed by atoms with Gasteiger partial charge in [0.1, 0.15) is 0 Å². The smallest absolute Gasteiger partial charge is 0.185 e. The van der Waals surface area contributed by atoms with Crippen molar-refractivity contribution in [1.29, 1.82) is 0 Å². The van der Waals surface area contributed by atoms with Crippen LogP contribution in [0.25, 0.3) is 0 Å². The van der Waals surface area contributed by atoms with Crippen molar-refractivity contribution < 1.29 is 9.59 Å². The molecule has 0 amide bonds. The van der Waals surface area contributed by atoms with Crippen LogP contribution in [0.5, 0.6) is 0 Å². The average molecular weight is 302 g/mol. The van der Waals surface area contributed by atoms with E-state index in [1.54, 1.807) is 13.8 Å². The minimum atomic E-state index is -0.224. The van der Waals surface area contributed by atoms with Crippen LogP contribution in [-0.4, -0.2) is 11.6 Å². The first-order chi connectivity index (χ1) is 11.1. The maximum atomic E-state index is 12.7. The van der Waals surface area contributed by atoms with Crippen molar-refractivity contribution in [3.05, 3.63) is 94.6 Å². The number of carbonyl (C=O) groups excluding carboxylic acids is 2. The average Bonchev–Trinajstić information content (AvgIpc) is 2.58. The van der Waals surface area contributed by atoms with E-state index in [1.165, 1.54) is 6.08 Å². The standard InChI is InChI=1S/C21H18O2/c1-14-13-18(22)19(15(2)21(14)23)20(16-9-5-3-6-10-16)17-11-7-4-8-12-17/h3-13,20H,1-2H3. The van der Waals surface area contributed by atoms with E-state index in [0.717, 1.165) is 11.1 Å². The second kappa shape index (κ2) is 6.17. The molecule has 0 heterocycles. The van der Waals surface area contributed by atoms with Gasteiger partial charge in [0.2, 0.25) is 0 Å². The first-order valence-corrected chi connectivity index (χ1v) is 7.67. The molecule has 0 aromatic heterocycles. The van der Waals surface area contributed by atoms with Crippen molar-refractivity contribution in [2.45, 2.75) is 19.8 Å². The van der Waals surface area contributed by atoms with E-state index in [2.05, 4.69) is 0 Å². The summed E-state index contributed by atoms with van der Waals surface area (Å²) < 4.78 is 0. The Balaban J connectivity index is 2.21. The molecule has 1 aliphatic carbocycles. The molecule has 0 radical (unpaired) electrons. The summed E-state index contributed by atoms with van der Waals surface area (Å²) >= 11 is 0. The van der Waals surface area contributed by atoms with Crippen molar-refractivity contribution in [3.8, 4) is 0 Å². The zero-order valence-corrected chi connectivity index (χ0v) is 13.2. The Morgan fingerprint density at radius 3 is 1.70 bits per heavy atom. The third-order valence-electron chi connectivity index (χ3n) is 4.27. The monoisotopic (exact) mass is 302 g/mol. The molecule has 0 bridgehead atoms. The lowest BCUT2D eigenvalue weighted by Gasteiger charge is -2.24. The van der Waals surface area contributed by atoms with Crippen LogP contribution in [0.15, 0.2) is 83.5 Å². The van der Waals surface area contributed by atoms with Gasteiger partial charge in [-0.15, -0.1) is 0 Å². The maximum Gasteiger partial charge on any atom is 0.185 e. The van der Waals surface area contributed by atoms with Crippen LogP contribution < -0.4 is 0 Å². The van der Waals surface area contributed by atoms with Gasteiger partial charge in [-0.05, 0) is 31.1 Å². The van der Waals surface area contributed by atoms with Gasteiger partial charge in [0.05, 0.1) is 0 Å². The Morgan fingerprint density at radius 1 is 0.739 bits per heavy atom. The van der Waals surface area contributed by atoms with Gasteiger partial charge in [0, 0.05) is 22.6 Å². The van der Waals surface area contributed by atoms with Crippen molar-refractivity contribution in [2.24, 2.45) is 0 Å². The number of ketones is 2. The van der Waals surface area contributed by atoms with Gasteiger partial charge in [-0.1, -0.05) is 60.7 Å². The molecule has 2 aromatic rings. The van der Waals surface area contributed by atoms with Crippen LogP contribution in [0.1, 0.15) is 30.9 Å². The summed E-state index contributed by atoms with van der Waals surface area (Å²) in [6.07, 6.45) is 1.46. The molecule has 2 heteroatoms. The highest BCUT2D eigenvalue weighted by Crippen LogP contribution is 2.36. The summed E-state index contributed by atoms with van der Waals surface area (Å²) in [7, 11) is 0. The van der Waals surface area contributed by atoms with E-state index in [0.29, 0.717) is 16.7 Å². The molecule has 0 unspecified atom stereocenters. The fourth-order valence-electron chi connectivity index (χ4n) is 3.12. The maximum absolute atomic E-state index is 12.7. The van der Waals surface area contributed by atoms with Gasteiger partial charge < -0.3 is 0 Å². The van der Waals surface area contributed by atoms with E-state index in [-0.39, 0.29) is 17.5 Å². The predicted octanol–water partition coefficient (Wildman–Crippen LogP) is 4.23. The fourth-order valence-corrected chi connectivity index (χ4v) is 3.12. The molecule has 0 saturated carbocycles. The Labute approximate surface area is 136 Å². The lowest BCUT2D eigenvalue weighted by molar-refractivity contribution is -0.116. The number of hydrogen-bond donors (Lipinski definition) is 0. The first kappa shape index (κ1) is 15.2. The third kappa shape index (κ3) is 2.80. The molecule has 3 rings (SSSR count). The molecule has 0 N–H and O–H groups in total. The molecule has 2 aromatic carbocycles. The summed E-state index contributed by atoms with van der Waals surface area (Å²) in [6.45, 7) is 3.45. The number of benzene rings is 2. The molecule has 23 heavy (non-hydrogen) atoms. The Morgan fingerprint density at radius 2 is 1.22 bits per heavy atom. The van der Waals surface area contributed by atoms with Crippen molar-refractivity contribution in [2.75, 3.05) is 0 Å². The number of Topliss-reactive ketones (excluding diaryl/α,β-unsaturated/α-hetero) is 1. The lowest BCUT2D eigenvalue weighted by Crippen LogP contribution is -2.22. The van der Waals surface area contributed by atoms with Crippen LogP contribution in [0, 0.1) is 0 Å². The summed E-state index contributed by atoms with van der Waals surface area (Å²) in [4.78, 5) is 25.0. The van der Waals surface area contributed by atoms with Crippen LogP contribution in [0.2, 0.25) is 0 Å². The Kier molecular flexibility index (Phi) is 4.07.